The van der Waals surface area contributed by atoms with Crippen molar-refractivity contribution in [1.29, 1.82) is 0 Å². The maximum absolute atomic E-state index is 6.15. The predicted octanol–water partition coefficient (Wildman–Crippen LogP) is 7.57. The molecule has 2 unspecified atom stereocenters. The molecule has 0 aliphatic heterocycles. The largest absolute Gasteiger partial charge is 0.457 e. The number of hydrogen-bond acceptors (Lipinski definition) is 6. The molecule has 0 fully saturated rings. The van der Waals surface area contributed by atoms with Gasteiger partial charge in [-0.25, -0.2) is 19.0 Å². The smallest absolute Gasteiger partial charge is 0.158 e. The van der Waals surface area contributed by atoms with E-state index in [1.54, 1.807) is 10.8 Å². The fraction of sp³-hybridized carbons (Fsp3) is 0.400. The van der Waals surface area contributed by atoms with Crippen molar-refractivity contribution in [3.05, 3.63) is 72.6 Å². The summed E-state index contributed by atoms with van der Waals surface area (Å²) < 4.78 is 9.81. The van der Waals surface area contributed by atoms with Crippen molar-refractivity contribution in [2.24, 2.45) is 11.8 Å². The first-order chi connectivity index (χ1) is 18.4. The summed E-state index contributed by atoms with van der Waals surface area (Å²) in [6.45, 7) is 11.3. The van der Waals surface area contributed by atoms with Crippen LogP contribution < -0.4 is 10.1 Å². The fourth-order valence-corrected chi connectivity index (χ4v) is 4.97. The molecule has 2 atom stereocenters. The van der Waals surface area contributed by atoms with Crippen LogP contribution in [0.4, 0.5) is 11.5 Å². The number of aromatic nitrogens is 6. The van der Waals surface area contributed by atoms with Crippen molar-refractivity contribution < 1.29 is 4.74 Å². The van der Waals surface area contributed by atoms with Crippen molar-refractivity contribution in [3.63, 3.8) is 0 Å². The van der Waals surface area contributed by atoms with Gasteiger partial charge in [-0.3, -0.25) is 0 Å². The first-order valence-corrected chi connectivity index (χ1v) is 13.6. The van der Waals surface area contributed by atoms with Crippen LogP contribution in [0.3, 0.4) is 0 Å². The third-order valence-corrected chi connectivity index (χ3v) is 7.59. The third-order valence-electron chi connectivity index (χ3n) is 7.59. The van der Waals surface area contributed by atoms with Crippen LogP contribution in [-0.2, 0) is 0 Å². The number of pyridine rings is 1. The molecule has 8 heteroatoms. The summed E-state index contributed by atoms with van der Waals surface area (Å²) in [6, 6.07) is 12.1. The van der Waals surface area contributed by atoms with E-state index in [1.165, 1.54) is 24.7 Å². The van der Waals surface area contributed by atoms with Gasteiger partial charge in [0.1, 0.15) is 29.7 Å². The predicted molar refractivity (Wildman–Crippen MR) is 151 cm³/mol. The van der Waals surface area contributed by atoms with Gasteiger partial charge in [0.2, 0.25) is 0 Å². The Labute approximate surface area is 224 Å². The molecule has 0 saturated heterocycles. The molecule has 0 amide bonds. The van der Waals surface area contributed by atoms with E-state index in [-0.39, 0.29) is 0 Å². The van der Waals surface area contributed by atoms with Gasteiger partial charge in [0.05, 0.1) is 0 Å². The highest BCUT2D eigenvalue weighted by Gasteiger charge is 2.20. The maximum atomic E-state index is 6.15. The van der Waals surface area contributed by atoms with Gasteiger partial charge in [0.25, 0.3) is 0 Å². The lowest BCUT2D eigenvalue weighted by atomic mass is 9.85. The van der Waals surface area contributed by atoms with E-state index < -0.39 is 0 Å². The highest BCUT2D eigenvalue weighted by atomic mass is 16.5. The number of rotatable bonds is 11. The van der Waals surface area contributed by atoms with Gasteiger partial charge in [0, 0.05) is 24.1 Å². The topological polar surface area (TPSA) is 81.6 Å². The number of benzene rings is 1. The van der Waals surface area contributed by atoms with E-state index in [0.29, 0.717) is 17.8 Å². The molecule has 5 aromatic rings. The van der Waals surface area contributed by atoms with Crippen LogP contribution in [0.5, 0.6) is 11.5 Å². The number of nitrogens with zero attached hydrogens (tertiary/aromatic N) is 6. The van der Waals surface area contributed by atoms with E-state index in [2.05, 4.69) is 71.5 Å². The highest BCUT2D eigenvalue weighted by Crippen LogP contribution is 2.36. The summed E-state index contributed by atoms with van der Waals surface area (Å²) in [5.41, 5.74) is 5.10. The van der Waals surface area contributed by atoms with Gasteiger partial charge >= 0.3 is 0 Å². The molecule has 198 valence electrons. The Morgan fingerprint density at radius 1 is 0.895 bits per heavy atom. The SMILES string of the molecule is CCCC(CCC(C)C(C)C)c1ccn2ncnc(Nc3ccc(Oc4ccn5ncnc5c4)c(C)c3)c12. The normalized spacial score (nSPS) is 13.3. The summed E-state index contributed by atoms with van der Waals surface area (Å²) in [7, 11) is 0. The Bertz CT molecular complexity index is 1520. The molecule has 8 nitrogen and oxygen atoms in total. The molecule has 38 heavy (non-hydrogen) atoms. The second kappa shape index (κ2) is 11.2. The number of nitrogens with one attached hydrogen (secondary N) is 1. The molecular weight excluding hydrogens is 474 g/mol. The average Bonchev–Trinajstić information content (AvgIpc) is 3.55. The molecule has 0 saturated carbocycles. The number of fused-ring (bicyclic) bond motifs is 2. The van der Waals surface area contributed by atoms with Gasteiger partial charge in [-0.05, 0) is 85.4 Å². The van der Waals surface area contributed by atoms with Crippen LogP contribution in [-0.4, -0.2) is 29.2 Å². The third kappa shape index (κ3) is 5.49. The molecule has 1 aromatic carbocycles. The molecule has 5 rings (SSSR count). The standard InChI is InChI=1S/C30H37N7O/c1-6-7-23(9-8-21(4)20(2)3)26-13-15-37-29(26)30(32-19-34-37)35-24-10-11-27(22(5)16-24)38-25-12-14-36-28(17-25)31-18-33-36/h10-21,23H,6-9H2,1-5H3,(H,32,34,35). The summed E-state index contributed by atoms with van der Waals surface area (Å²) in [5.74, 6) is 4.22. The van der Waals surface area contributed by atoms with Crippen molar-refractivity contribution in [3.8, 4) is 11.5 Å². The molecule has 0 aliphatic rings. The molecule has 0 radical (unpaired) electrons. The van der Waals surface area contributed by atoms with Crippen LogP contribution in [0.1, 0.15) is 70.4 Å². The Balaban J connectivity index is 1.38. The Morgan fingerprint density at radius 3 is 2.47 bits per heavy atom. The lowest BCUT2D eigenvalue weighted by molar-refractivity contribution is 0.363. The number of hydrogen-bond donors (Lipinski definition) is 1. The lowest BCUT2D eigenvalue weighted by Gasteiger charge is -2.21. The van der Waals surface area contributed by atoms with E-state index >= 15 is 0 Å². The second-order valence-corrected chi connectivity index (χ2v) is 10.6. The Morgan fingerprint density at radius 2 is 1.68 bits per heavy atom. The van der Waals surface area contributed by atoms with E-state index in [1.807, 2.05) is 41.9 Å². The Hall–Kier alpha value is -3.94. The van der Waals surface area contributed by atoms with Gasteiger partial charge in [0.15, 0.2) is 11.5 Å². The van der Waals surface area contributed by atoms with Crippen LogP contribution in [0.2, 0.25) is 0 Å². The molecule has 0 bridgehead atoms. The van der Waals surface area contributed by atoms with Crippen molar-refractivity contribution >= 4 is 22.7 Å². The lowest BCUT2D eigenvalue weighted by Crippen LogP contribution is -2.08. The van der Waals surface area contributed by atoms with Crippen LogP contribution >= 0.6 is 0 Å². The monoisotopic (exact) mass is 511 g/mol. The minimum atomic E-state index is 0.484. The minimum absolute atomic E-state index is 0.484. The molecule has 4 heterocycles. The number of aryl methyl sites for hydroxylation is 1. The maximum Gasteiger partial charge on any atom is 0.158 e. The molecule has 0 aliphatic carbocycles. The number of ether oxygens (including phenoxy) is 1. The summed E-state index contributed by atoms with van der Waals surface area (Å²) in [4.78, 5) is 8.89. The summed E-state index contributed by atoms with van der Waals surface area (Å²) in [5, 5.41) is 12.2. The Kier molecular flexibility index (Phi) is 7.58. The van der Waals surface area contributed by atoms with Crippen LogP contribution in [0.15, 0.2) is 61.4 Å². The molecule has 1 N–H and O–H groups in total. The summed E-state index contributed by atoms with van der Waals surface area (Å²) in [6.07, 6.45) is 11.7. The quantitative estimate of drug-likeness (QED) is 0.197. The second-order valence-electron chi connectivity index (χ2n) is 10.6. The molecule has 4 aromatic heterocycles. The van der Waals surface area contributed by atoms with Gasteiger partial charge in [-0.1, -0.05) is 34.1 Å². The van der Waals surface area contributed by atoms with Crippen molar-refractivity contribution in [1.82, 2.24) is 29.2 Å². The first-order valence-electron chi connectivity index (χ1n) is 13.6. The van der Waals surface area contributed by atoms with E-state index in [4.69, 9.17) is 4.74 Å². The molecular formula is C30H37N7O. The van der Waals surface area contributed by atoms with Crippen molar-refractivity contribution in [2.45, 2.75) is 66.2 Å². The number of anilines is 2. The van der Waals surface area contributed by atoms with E-state index in [0.717, 1.165) is 52.6 Å². The van der Waals surface area contributed by atoms with Gasteiger partial charge in [-0.15, -0.1) is 0 Å². The van der Waals surface area contributed by atoms with E-state index in [9.17, 15) is 0 Å². The van der Waals surface area contributed by atoms with Crippen LogP contribution in [0.25, 0.3) is 11.2 Å². The minimum Gasteiger partial charge on any atom is -0.457 e. The zero-order valence-corrected chi connectivity index (χ0v) is 22.9. The van der Waals surface area contributed by atoms with Gasteiger partial charge < -0.3 is 10.1 Å². The zero-order valence-electron chi connectivity index (χ0n) is 22.9. The summed E-state index contributed by atoms with van der Waals surface area (Å²) >= 11 is 0. The molecule has 0 spiro atoms. The van der Waals surface area contributed by atoms with Crippen LogP contribution in [0, 0.1) is 18.8 Å². The first kappa shape index (κ1) is 25.7. The average molecular weight is 512 g/mol. The van der Waals surface area contributed by atoms with Gasteiger partial charge in [-0.2, -0.15) is 10.2 Å². The zero-order chi connectivity index (χ0) is 26.6. The van der Waals surface area contributed by atoms with Crippen molar-refractivity contribution in [2.75, 3.05) is 5.32 Å². The fourth-order valence-electron chi connectivity index (χ4n) is 4.97. The highest BCUT2D eigenvalue weighted by molar-refractivity contribution is 5.77.